The second-order valence-electron chi connectivity index (χ2n) is 8.16. The zero-order valence-corrected chi connectivity index (χ0v) is 19.1. The molecule has 5 rings (SSSR count). The number of nitrogens with one attached hydrogen (secondary N) is 1. The van der Waals surface area contributed by atoms with E-state index in [1.54, 1.807) is 30.3 Å². The number of nitrogens with zero attached hydrogens (tertiary/aromatic N) is 1. The largest absolute Gasteiger partial charge is 0.378 e. The fourth-order valence-corrected chi connectivity index (χ4v) is 7.08. The molecule has 0 amide bonds. The molecule has 0 aromatic heterocycles. The molecule has 0 radical (unpaired) electrons. The number of benzene rings is 3. The van der Waals surface area contributed by atoms with Gasteiger partial charge in [-0.1, -0.05) is 35.9 Å². The first-order valence-corrected chi connectivity index (χ1v) is 12.0. The maximum atomic E-state index is 13.6. The maximum absolute atomic E-state index is 13.6. The van der Waals surface area contributed by atoms with Crippen molar-refractivity contribution in [3.63, 3.8) is 0 Å². The van der Waals surface area contributed by atoms with Crippen LogP contribution in [0.15, 0.2) is 71.6 Å². The van der Waals surface area contributed by atoms with Crippen LogP contribution < -0.4 is 5.32 Å². The molecule has 3 aromatic rings. The Kier molecular flexibility index (Phi) is 5.78. The molecule has 1 aliphatic heterocycles. The second kappa shape index (κ2) is 8.58. The third-order valence-electron chi connectivity index (χ3n) is 6.35. The quantitative estimate of drug-likeness (QED) is 0.235. The molecule has 2 aliphatic rings. The van der Waals surface area contributed by atoms with Crippen LogP contribution in [0, 0.1) is 21.8 Å². The highest BCUT2D eigenvalue weighted by Gasteiger charge is 2.50. The van der Waals surface area contributed by atoms with Crippen LogP contribution in [0.3, 0.4) is 0 Å². The lowest BCUT2D eigenvalue weighted by Crippen LogP contribution is -2.31. The molecule has 1 fully saturated rings. The fraction of sp³-hybridized carbons (Fsp3) is 0.250. The van der Waals surface area contributed by atoms with Crippen LogP contribution in [-0.2, 0) is 0 Å². The van der Waals surface area contributed by atoms with Gasteiger partial charge in [0.15, 0.2) is 0 Å². The van der Waals surface area contributed by atoms with Crippen molar-refractivity contribution in [3.05, 3.63) is 98.8 Å². The number of halogens is 3. The monoisotopic (exact) mass is 488 g/mol. The van der Waals surface area contributed by atoms with E-state index in [0.29, 0.717) is 9.92 Å². The van der Waals surface area contributed by atoms with Gasteiger partial charge in [-0.2, -0.15) is 0 Å². The second-order valence-corrected chi connectivity index (χ2v) is 10.4. The topological polar surface area (TPSA) is 55.2 Å². The molecule has 1 heterocycles. The molecule has 4 nitrogen and oxygen atoms in total. The molecular weight excluding hydrogens is 470 g/mol. The molecular formula is C24H19Cl2FN2O2S. The molecule has 32 heavy (non-hydrogen) atoms. The van der Waals surface area contributed by atoms with Gasteiger partial charge in [0.1, 0.15) is 5.82 Å². The third-order valence-corrected chi connectivity index (χ3v) is 8.69. The zero-order valence-electron chi connectivity index (χ0n) is 16.8. The van der Waals surface area contributed by atoms with Crippen LogP contribution in [0.4, 0.5) is 15.8 Å². The minimum Gasteiger partial charge on any atom is -0.378 e. The Balaban J connectivity index is 1.53. The molecule has 3 aromatic carbocycles. The van der Waals surface area contributed by atoms with Crippen LogP contribution in [0.1, 0.15) is 29.5 Å². The Morgan fingerprint density at radius 1 is 1.09 bits per heavy atom. The SMILES string of the molecule is O=[N+]([O-])c1ccccc1S[C@@H]1C[C@H]2[C@@H](c3cc(Cl)ccc3N[C@H]2c2ccc(F)cc2)[C@@H]1Cl. The summed E-state index contributed by atoms with van der Waals surface area (Å²) in [5.41, 5.74) is 3.11. The highest BCUT2D eigenvalue weighted by molar-refractivity contribution is 8.00. The lowest BCUT2D eigenvalue weighted by Gasteiger charge is -2.38. The molecule has 1 saturated carbocycles. The average Bonchev–Trinajstić information content (AvgIpc) is 3.10. The van der Waals surface area contributed by atoms with Crippen LogP contribution in [-0.4, -0.2) is 15.6 Å². The summed E-state index contributed by atoms with van der Waals surface area (Å²) in [5.74, 6) is -0.129. The number of fused-ring (bicyclic) bond motifs is 3. The standard InChI is InChI=1S/C24H19Cl2FN2O2S/c25-14-7-10-18-16(11-14)22-17(24(28-18)13-5-8-15(27)9-6-13)12-21(23(22)26)32-20-4-2-1-3-19(20)29(30)31/h1-11,17,21-24,28H,12H2/t17-,21+,22+,23+,24-/m0/s1. The minimum atomic E-state index is -0.356. The van der Waals surface area contributed by atoms with E-state index in [1.165, 1.54) is 30.0 Å². The van der Waals surface area contributed by atoms with Gasteiger partial charge in [0.25, 0.3) is 5.69 Å². The summed E-state index contributed by atoms with van der Waals surface area (Å²) in [6, 6.07) is 19.0. The molecule has 1 aliphatic carbocycles. The number of hydrogen-bond donors (Lipinski definition) is 1. The van der Waals surface area contributed by atoms with Gasteiger partial charge in [-0.3, -0.25) is 10.1 Å². The highest BCUT2D eigenvalue weighted by atomic mass is 35.5. The van der Waals surface area contributed by atoms with Crippen molar-refractivity contribution in [2.24, 2.45) is 5.92 Å². The van der Waals surface area contributed by atoms with Gasteiger partial charge < -0.3 is 5.32 Å². The fourth-order valence-electron chi connectivity index (χ4n) is 4.96. The molecule has 0 unspecified atom stereocenters. The lowest BCUT2D eigenvalue weighted by molar-refractivity contribution is -0.387. The summed E-state index contributed by atoms with van der Waals surface area (Å²) in [6.45, 7) is 0. The van der Waals surface area contributed by atoms with Gasteiger partial charge in [-0.05, 0) is 59.9 Å². The van der Waals surface area contributed by atoms with Crippen molar-refractivity contribution in [1.29, 1.82) is 0 Å². The number of anilines is 1. The highest BCUT2D eigenvalue weighted by Crippen LogP contribution is 2.58. The normalized spacial score (nSPS) is 26.2. The summed E-state index contributed by atoms with van der Waals surface area (Å²) in [7, 11) is 0. The lowest BCUT2D eigenvalue weighted by atomic mass is 9.77. The molecule has 0 spiro atoms. The molecule has 5 atom stereocenters. The Bertz CT molecular complexity index is 1180. The third kappa shape index (κ3) is 3.85. The average molecular weight is 489 g/mol. The van der Waals surface area contributed by atoms with Crippen LogP contribution in [0.5, 0.6) is 0 Å². The van der Waals surface area contributed by atoms with Crippen molar-refractivity contribution < 1.29 is 9.31 Å². The number of rotatable bonds is 4. The van der Waals surface area contributed by atoms with Crippen molar-refractivity contribution >= 4 is 46.3 Å². The number of alkyl halides is 1. The van der Waals surface area contributed by atoms with E-state index >= 15 is 0 Å². The number of para-hydroxylation sites is 1. The number of nitro benzene ring substituents is 1. The van der Waals surface area contributed by atoms with Crippen LogP contribution >= 0.6 is 35.0 Å². The van der Waals surface area contributed by atoms with E-state index in [2.05, 4.69) is 5.32 Å². The summed E-state index contributed by atoms with van der Waals surface area (Å²) < 4.78 is 13.6. The van der Waals surface area contributed by atoms with Crippen LogP contribution in [0.2, 0.25) is 5.02 Å². The Morgan fingerprint density at radius 3 is 2.59 bits per heavy atom. The maximum Gasteiger partial charge on any atom is 0.282 e. The smallest absolute Gasteiger partial charge is 0.282 e. The van der Waals surface area contributed by atoms with Gasteiger partial charge in [0.2, 0.25) is 0 Å². The first-order chi connectivity index (χ1) is 15.4. The van der Waals surface area contributed by atoms with E-state index in [4.69, 9.17) is 23.2 Å². The Hall–Kier alpha value is -2.28. The van der Waals surface area contributed by atoms with Gasteiger partial charge in [-0.15, -0.1) is 23.4 Å². The van der Waals surface area contributed by atoms with Gasteiger partial charge in [0.05, 0.1) is 21.2 Å². The van der Waals surface area contributed by atoms with Crippen LogP contribution in [0.25, 0.3) is 0 Å². The van der Waals surface area contributed by atoms with Crippen molar-refractivity contribution in [1.82, 2.24) is 0 Å². The first-order valence-electron chi connectivity index (χ1n) is 10.3. The zero-order chi connectivity index (χ0) is 22.4. The van der Waals surface area contributed by atoms with Gasteiger partial charge >= 0.3 is 0 Å². The molecule has 1 N–H and O–H groups in total. The van der Waals surface area contributed by atoms with E-state index in [1.807, 2.05) is 18.2 Å². The summed E-state index contributed by atoms with van der Waals surface area (Å²) >= 11 is 14.8. The predicted molar refractivity (Wildman–Crippen MR) is 127 cm³/mol. The molecule has 164 valence electrons. The predicted octanol–water partition coefficient (Wildman–Crippen LogP) is 7.43. The van der Waals surface area contributed by atoms with E-state index < -0.39 is 0 Å². The Morgan fingerprint density at radius 2 is 1.84 bits per heavy atom. The summed E-state index contributed by atoms with van der Waals surface area (Å²) in [5, 5.41) is 15.5. The number of hydrogen-bond acceptors (Lipinski definition) is 4. The minimum absolute atomic E-state index is 0.0157. The molecule has 0 saturated heterocycles. The number of thioether (sulfide) groups is 1. The summed E-state index contributed by atoms with van der Waals surface area (Å²) in [6.07, 6.45) is 0.760. The van der Waals surface area contributed by atoms with E-state index in [-0.39, 0.29) is 44.9 Å². The van der Waals surface area contributed by atoms with E-state index in [9.17, 15) is 14.5 Å². The van der Waals surface area contributed by atoms with Gasteiger partial charge in [0, 0.05) is 27.9 Å². The first kappa shape index (κ1) is 21.6. The van der Waals surface area contributed by atoms with Crippen molar-refractivity contribution in [2.45, 2.75) is 33.9 Å². The Labute approximate surface area is 199 Å². The van der Waals surface area contributed by atoms with Crippen molar-refractivity contribution in [3.8, 4) is 0 Å². The molecule has 0 bridgehead atoms. The van der Waals surface area contributed by atoms with Gasteiger partial charge in [-0.25, -0.2) is 4.39 Å². The summed E-state index contributed by atoms with van der Waals surface area (Å²) in [4.78, 5) is 11.8. The van der Waals surface area contributed by atoms with Crippen molar-refractivity contribution in [2.75, 3.05) is 5.32 Å². The van der Waals surface area contributed by atoms with E-state index in [0.717, 1.165) is 23.2 Å². The number of nitro groups is 1. The molecule has 8 heteroatoms.